The average Bonchev–Trinajstić information content (AvgIpc) is 3.46. The molecular formula is C21H24N8O2. The first-order chi connectivity index (χ1) is 15.3. The van der Waals surface area contributed by atoms with Gasteiger partial charge in [-0.15, -0.1) is 0 Å². The number of aromatic nitrogens is 6. The summed E-state index contributed by atoms with van der Waals surface area (Å²) >= 11 is 0. The summed E-state index contributed by atoms with van der Waals surface area (Å²) in [5.74, 6) is 2.32. The van der Waals surface area contributed by atoms with E-state index in [0.29, 0.717) is 32.4 Å². The quantitative estimate of drug-likeness (QED) is 0.518. The Morgan fingerprint density at radius 2 is 1.87 bits per heavy atom. The number of rotatable bonds is 3. The molecule has 1 atom stereocenters. The third-order valence-electron chi connectivity index (χ3n) is 5.96. The molecule has 10 heteroatoms. The molecule has 2 saturated heterocycles. The van der Waals surface area contributed by atoms with Gasteiger partial charge in [0.15, 0.2) is 17.0 Å². The van der Waals surface area contributed by atoms with Gasteiger partial charge < -0.3 is 29.2 Å². The van der Waals surface area contributed by atoms with Crippen molar-refractivity contribution in [2.24, 2.45) is 0 Å². The van der Waals surface area contributed by atoms with Gasteiger partial charge >= 0.3 is 0 Å². The fourth-order valence-electron chi connectivity index (χ4n) is 4.32. The third-order valence-corrected chi connectivity index (χ3v) is 5.96. The Morgan fingerprint density at radius 1 is 1.00 bits per heavy atom. The van der Waals surface area contributed by atoms with Gasteiger partial charge in [-0.05, 0) is 19.1 Å². The molecule has 160 valence electrons. The summed E-state index contributed by atoms with van der Waals surface area (Å²) in [7, 11) is 0. The zero-order valence-electron chi connectivity index (χ0n) is 17.3. The fourth-order valence-corrected chi connectivity index (χ4v) is 4.32. The summed E-state index contributed by atoms with van der Waals surface area (Å²) in [6.45, 7) is 7.18. The minimum atomic E-state index is 0.214. The molecule has 4 aromatic heterocycles. The molecule has 31 heavy (non-hydrogen) atoms. The molecule has 2 aliphatic heterocycles. The van der Waals surface area contributed by atoms with Gasteiger partial charge in [-0.1, -0.05) is 0 Å². The first-order valence-electron chi connectivity index (χ1n) is 10.7. The van der Waals surface area contributed by atoms with Crippen molar-refractivity contribution < 1.29 is 9.47 Å². The Kier molecular flexibility index (Phi) is 4.46. The molecule has 0 aliphatic carbocycles. The molecular weight excluding hydrogens is 396 g/mol. The van der Waals surface area contributed by atoms with Crippen LogP contribution in [-0.4, -0.2) is 82.0 Å². The molecule has 0 amide bonds. The highest BCUT2D eigenvalue weighted by Gasteiger charge is 2.26. The van der Waals surface area contributed by atoms with E-state index in [-0.39, 0.29) is 6.04 Å². The number of ether oxygens (including phenoxy) is 2. The number of imidazole rings is 1. The Hall–Kier alpha value is -3.24. The van der Waals surface area contributed by atoms with Crippen molar-refractivity contribution in [3.8, 4) is 11.4 Å². The fraction of sp³-hybridized carbons (Fsp3) is 0.429. The van der Waals surface area contributed by atoms with Crippen LogP contribution < -0.4 is 9.80 Å². The maximum absolute atomic E-state index is 5.61. The summed E-state index contributed by atoms with van der Waals surface area (Å²) < 4.78 is 11.2. The monoisotopic (exact) mass is 420 g/mol. The van der Waals surface area contributed by atoms with E-state index in [4.69, 9.17) is 24.4 Å². The standard InChI is InChI=1S/C21H24N8O2/c1-13-12-31-11-8-29(13)21-26-19-16(20(27-21)28-6-9-30-10-7-28)24-18(25-19)15-3-5-23-17-14(15)2-4-22-17/h2-5,13H,6-12H2,1H3,(H,22,23)(H,24,25,26,27)/t13-/m0/s1. The van der Waals surface area contributed by atoms with Crippen LogP contribution in [0.1, 0.15) is 6.92 Å². The van der Waals surface area contributed by atoms with Crippen LogP contribution in [0.25, 0.3) is 33.6 Å². The lowest BCUT2D eigenvalue weighted by Gasteiger charge is -2.34. The van der Waals surface area contributed by atoms with Gasteiger partial charge in [0.1, 0.15) is 11.5 Å². The molecule has 10 nitrogen and oxygen atoms in total. The van der Waals surface area contributed by atoms with Crippen LogP contribution >= 0.6 is 0 Å². The molecule has 0 aromatic carbocycles. The van der Waals surface area contributed by atoms with Crippen molar-refractivity contribution in [2.45, 2.75) is 13.0 Å². The van der Waals surface area contributed by atoms with E-state index in [2.05, 4.69) is 31.7 Å². The normalized spacial score (nSPS) is 20.1. The second-order valence-corrected chi connectivity index (χ2v) is 7.95. The second-order valence-electron chi connectivity index (χ2n) is 7.95. The van der Waals surface area contributed by atoms with Crippen molar-refractivity contribution >= 4 is 34.0 Å². The molecule has 0 spiro atoms. The van der Waals surface area contributed by atoms with Crippen molar-refractivity contribution in [1.82, 2.24) is 29.9 Å². The van der Waals surface area contributed by atoms with Crippen molar-refractivity contribution in [3.63, 3.8) is 0 Å². The van der Waals surface area contributed by atoms with Crippen LogP contribution in [-0.2, 0) is 9.47 Å². The average molecular weight is 420 g/mol. The van der Waals surface area contributed by atoms with Crippen LogP contribution in [0.15, 0.2) is 24.5 Å². The highest BCUT2D eigenvalue weighted by molar-refractivity contribution is 5.94. The third kappa shape index (κ3) is 3.19. The van der Waals surface area contributed by atoms with Gasteiger partial charge in [-0.3, -0.25) is 0 Å². The van der Waals surface area contributed by atoms with E-state index in [1.54, 1.807) is 6.20 Å². The van der Waals surface area contributed by atoms with Gasteiger partial charge in [0.25, 0.3) is 0 Å². The molecule has 0 saturated carbocycles. The SMILES string of the molecule is C[C@H]1COCCN1c1nc(N2CCOCC2)c2nc(-c3ccnc4[nH]ccc34)[nH]c2n1. The predicted molar refractivity (Wildman–Crippen MR) is 117 cm³/mol. The number of hydrogen-bond donors (Lipinski definition) is 2. The van der Waals surface area contributed by atoms with Crippen LogP contribution in [0.3, 0.4) is 0 Å². The molecule has 0 unspecified atom stereocenters. The summed E-state index contributed by atoms with van der Waals surface area (Å²) in [6.07, 6.45) is 3.68. The van der Waals surface area contributed by atoms with Crippen LogP contribution in [0, 0.1) is 0 Å². The topological polar surface area (TPSA) is 108 Å². The zero-order chi connectivity index (χ0) is 20.8. The smallest absolute Gasteiger partial charge is 0.229 e. The first-order valence-corrected chi connectivity index (χ1v) is 10.7. The minimum absolute atomic E-state index is 0.214. The van der Waals surface area contributed by atoms with E-state index in [9.17, 15) is 0 Å². The number of pyridine rings is 1. The van der Waals surface area contributed by atoms with E-state index in [1.807, 2.05) is 18.3 Å². The number of aromatic amines is 2. The summed E-state index contributed by atoms with van der Waals surface area (Å²) in [5.41, 5.74) is 3.33. The summed E-state index contributed by atoms with van der Waals surface area (Å²) in [6, 6.07) is 4.20. The van der Waals surface area contributed by atoms with Crippen molar-refractivity contribution in [3.05, 3.63) is 24.5 Å². The lowest BCUT2D eigenvalue weighted by molar-refractivity contribution is 0.0981. The summed E-state index contributed by atoms with van der Waals surface area (Å²) in [5, 5.41) is 1.02. The van der Waals surface area contributed by atoms with E-state index >= 15 is 0 Å². The van der Waals surface area contributed by atoms with E-state index in [0.717, 1.165) is 59.0 Å². The Morgan fingerprint density at radius 3 is 2.74 bits per heavy atom. The minimum Gasteiger partial charge on any atom is -0.378 e. The van der Waals surface area contributed by atoms with Crippen LogP contribution in [0.4, 0.5) is 11.8 Å². The van der Waals surface area contributed by atoms with Crippen LogP contribution in [0.2, 0.25) is 0 Å². The number of fused-ring (bicyclic) bond motifs is 2. The number of H-pyrrole nitrogens is 2. The molecule has 6 rings (SSSR count). The first kappa shape index (κ1) is 18.5. The van der Waals surface area contributed by atoms with Crippen LogP contribution in [0.5, 0.6) is 0 Å². The summed E-state index contributed by atoms with van der Waals surface area (Å²) in [4.78, 5) is 30.3. The Balaban J connectivity index is 1.52. The van der Waals surface area contributed by atoms with Gasteiger partial charge in [-0.2, -0.15) is 9.97 Å². The predicted octanol–water partition coefficient (Wildman–Crippen LogP) is 1.96. The highest BCUT2D eigenvalue weighted by Crippen LogP contribution is 2.31. The van der Waals surface area contributed by atoms with E-state index in [1.165, 1.54) is 0 Å². The number of hydrogen-bond acceptors (Lipinski definition) is 8. The lowest BCUT2D eigenvalue weighted by atomic mass is 10.2. The largest absolute Gasteiger partial charge is 0.378 e. The Bertz CT molecular complexity index is 1230. The Labute approximate surface area is 178 Å². The molecule has 2 fully saturated rings. The number of nitrogens with zero attached hydrogens (tertiary/aromatic N) is 6. The highest BCUT2D eigenvalue weighted by atomic mass is 16.5. The maximum atomic E-state index is 5.61. The number of anilines is 2. The van der Waals surface area contributed by atoms with Crippen molar-refractivity contribution in [1.29, 1.82) is 0 Å². The van der Waals surface area contributed by atoms with Gasteiger partial charge in [0, 0.05) is 43.0 Å². The molecule has 6 heterocycles. The van der Waals surface area contributed by atoms with Gasteiger partial charge in [-0.25, -0.2) is 9.97 Å². The molecule has 2 N–H and O–H groups in total. The van der Waals surface area contributed by atoms with Gasteiger partial charge in [0.05, 0.1) is 32.5 Å². The second kappa shape index (κ2) is 7.47. The molecule has 4 aromatic rings. The van der Waals surface area contributed by atoms with E-state index < -0.39 is 0 Å². The number of morpholine rings is 2. The maximum Gasteiger partial charge on any atom is 0.229 e. The van der Waals surface area contributed by atoms with Gasteiger partial charge in [0.2, 0.25) is 5.95 Å². The number of nitrogens with one attached hydrogen (secondary N) is 2. The molecule has 0 bridgehead atoms. The lowest BCUT2D eigenvalue weighted by Crippen LogP contribution is -2.45. The van der Waals surface area contributed by atoms with Crippen molar-refractivity contribution in [2.75, 3.05) is 55.9 Å². The molecule has 0 radical (unpaired) electrons. The molecule has 2 aliphatic rings. The zero-order valence-corrected chi connectivity index (χ0v) is 17.3.